The molecule has 1 aliphatic carbocycles. The number of anilines is 1. The molecule has 0 radical (unpaired) electrons. The SMILES string of the molecule is c1cnc(N2CCC3(CC2)CO[C@H](COCC2CC2)C3)nc1. The summed E-state index contributed by atoms with van der Waals surface area (Å²) in [4.78, 5) is 11.0. The number of piperidine rings is 1. The summed E-state index contributed by atoms with van der Waals surface area (Å²) >= 11 is 0. The van der Waals surface area contributed by atoms with Crippen molar-refractivity contribution in [3.05, 3.63) is 18.5 Å². The van der Waals surface area contributed by atoms with Crippen LogP contribution in [0.4, 0.5) is 5.95 Å². The molecule has 1 aromatic heterocycles. The molecule has 0 bridgehead atoms. The van der Waals surface area contributed by atoms with Gasteiger partial charge in [-0.2, -0.15) is 0 Å². The van der Waals surface area contributed by atoms with Crippen LogP contribution < -0.4 is 4.90 Å². The Morgan fingerprint density at radius 2 is 1.95 bits per heavy atom. The van der Waals surface area contributed by atoms with Crippen molar-refractivity contribution in [2.24, 2.45) is 11.3 Å². The first-order valence-electron chi connectivity index (χ1n) is 8.54. The minimum absolute atomic E-state index is 0.304. The van der Waals surface area contributed by atoms with Gasteiger partial charge < -0.3 is 14.4 Å². The summed E-state index contributed by atoms with van der Waals surface area (Å²) < 4.78 is 11.8. The average Bonchev–Trinajstić information content (AvgIpc) is 3.31. The molecule has 1 atom stereocenters. The van der Waals surface area contributed by atoms with Gasteiger partial charge in [-0.3, -0.25) is 0 Å². The van der Waals surface area contributed by atoms with E-state index in [0.29, 0.717) is 11.5 Å². The minimum Gasteiger partial charge on any atom is -0.378 e. The van der Waals surface area contributed by atoms with Crippen LogP contribution in [0.15, 0.2) is 18.5 Å². The van der Waals surface area contributed by atoms with Crippen LogP contribution in [-0.4, -0.2) is 49.0 Å². The van der Waals surface area contributed by atoms with Gasteiger partial charge >= 0.3 is 0 Å². The zero-order valence-corrected chi connectivity index (χ0v) is 13.1. The van der Waals surface area contributed by atoms with Crippen molar-refractivity contribution in [2.45, 2.75) is 38.2 Å². The molecule has 120 valence electrons. The van der Waals surface area contributed by atoms with E-state index in [9.17, 15) is 0 Å². The van der Waals surface area contributed by atoms with Crippen LogP contribution in [-0.2, 0) is 9.47 Å². The molecular formula is C17H25N3O2. The fourth-order valence-electron chi connectivity index (χ4n) is 3.64. The predicted octanol–water partition coefficient (Wildman–Crippen LogP) is 2.28. The summed E-state index contributed by atoms with van der Waals surface area (Å²) in [5.74, 6) is 1.70. The van der Waals surface area contributed by atoms with Gasteiger partial charge in [-0.05, 0) is 49.5 Å². The molecular weight excluding hydrogens is 278 g/mol. The fourth-order valence-corrected chi connectivity index (χ4v) is 3.64. The van der Waals surface area contributed by atoms with E-state index < -0.39 is 0 Å². The largest absolute Gasteiger partial charge is 0.378 e. The first kappa shape index (κ1) is 14.4. The molecule has 1 spiro atoms. The van der Waals surface area contributed by atoms with E-state index in [1.807, 2.05) is 18.5 Å². The molecule has 0 amide bonds. The Bertz CT molecular complexity index is 484. The number of hydrogen-bond acceptors (Lipinski definition) is 5. The molecule has 2 saturated heterocycles. The molecule has 22 heavy (non-hydrogen) atoms. The Hall–Kier alpha value is -1.20. The second-order valence-corrected chi connectivity index (χ2v) is 7.15. The van der Waals surface area contributed by atoms with Gasteiger partial charge in [0.25, 0.3) is 0 Å². The summed E-state index contributed by atoms with van der Waals surface area (Å²) in [6.07, 6.45) is 10.1. The van der Waals surface area contributed by atoms with E-state index in [0.717, 1.165) is 51.2 Å². The van der Waals surface area contributed by atoms with Crippen LogP contribution in [0, 0.1) is 11.3 Å². The summed E-state index contributed by atoms with van der Waals surface area (Å²) in [5, 5.41) is 0. The lowest BCUT2D eigenvalue weighted by Crippen LogP contribution is -2.41. The zero-order valence-electron chi connectivity index (χ0n) is 13.1. The third-order valence-electron chi connectivity index (χ3n) is 5.30. The molecule has 3 fully saturated rings. The molecule has 1 aromatic rings. The maximum atomic E-state index is 6.01. The lowest BCUT2D eigenvalue weighted by Gasteiger charge is -2.38. The van der Waals surface area contributed by atoms with Crippen LogP contribution in [0.3, 0.4) is 0 Å². The van der Waals surface area contributed by atoms with E-state index in [-0.39, 0.29) is 0 Å². The average molecular weight is 303 g/mol. The number of rotatable bonds is 5. The smallest absolute Gasteiger partial charge is 0.225 e. The minimum atomic E-state index is 0.304. The van der Waals surface area contributed by atoms with Crippen molar-refractivity contribution in [1.29, 1.82) is 0 Å². The van der Waals surface area contributed by atoms with Crippen LogP contribution in [0.5, 0.6) is 0 Å². The van der Waals surface area contributed by atoms with Gasteiger partial charge in [-0.25, -0.2) is 9.97 Å². The predicted molar refractivity (Wildman–Crippen MR) is 83.8 cm³/mol. The van der Waals surface area contributed by atoms with Crippen molar-refractivity contribution < 1.29 is 9.47 Å². The molecule has 5 nitrogen and oxygen atoms in total. The quantitative estimate of drug-likeness (QED) is 0.835. The topological polar surface area (TPSA) is 47.5 Å². The Kier molecular flexibility index (Phi) is 4.01. The van der Waals surface area contributed by atoms with Crippen LogP contribution in [0.1, 0.15) is 32.1 Å². The highest BCUT2D eigenvalue weighted by atomic mass is 16.5. The number of ether oxygens (including phenoxy) is 2. The molecule has 3 heterocycles. The second-order valence-electron chi connectivity index (χ2n) is 7.15. The van der Waals surface area contributed by atoms with Gasteiger partial charge in [0.2, 0.25) is 5.95 Å². The summed E-state index contributed by atoms with van der Waals surface area (Å²) in [6.45, 7) is 4.68. The van der Waals surface area contributed by atoms with E-state index in [1.165, 1.54) is 25.7 Å². The Morgan fingerprint density at radius 3 is 2.68 bits per heavy atom. The van der Waals surface area contributed by atoms with Crippen molar-refractivity contribution >= 4 is 5.95 Å². The number of nitrogens with zero attached hydrogens (tertiary/aromatic N) is 3. The third kappa shape index (κ3) is 3.25. The molecule has 4 rings (SSSR count). The molecule has 0 N–H and O–H groups in total. The molecule has 0 aromatic carbocycles. The van der Waals surface area contributed by atoms with Gasteiger partial charge in [0.15, 0.2) is 0 Å². The van der Waals surface area contributed by atoms with E-state index in [4.69, 9.17) is 9.47 Å². The van der Waals surface area contributed by atoms with Crippen LogP contribution >= 0.6 is 0 Å². The van der Waals surface area contributed by atoms with Gasteiger partial charge in [0, 0.05) is 32.1 Å². The first-order chi connectivity index (χ1) is 10.8. The lowest BCUT2D eigenvalue weighted by molar-refractivity contribution is 0.0110. The molecule has 5 heteroatoms. The summed E-state index contributed by atoms with van der Waals surface area (Å²) in [7, 11) is 0. The summed E-state index contributed by atoms with van der Waals surface area (Å²) in [5.41, 5.74) is 0.360. The highest BCUT2D eigenvalue weighted by Gasteiger charge is 2.42. The van der Waals surface area contributed by atoms with Gasteiger partial charge in [0.1, 0.15) is 0 Å². The Balaban J connectivity index is 1.26. The van der Waals surface area contributed by atoms with E-state index in [1.54, 1.807) is 0 Å². The molecule has 3 aliphatic rings. The monoisotopic (exact) mass is 303 g/mol. The highest BCUT2D eigenvalue weighted by molar-refractivity contribution is 5.29. The Labute approximate surface area is 132 Å². The molecule has 1 saturated carbocycles. The van der Waals surface area contributed by atoms with Crippen LogP contribution in [0.25, 0.3) is 0 Å². The van der Waals surface area contributed by atoms with Gasteiger partial charge in [-0.1, -0.05) is 0 Å². The second kappa shape index (κ2) is 6.13. The number of aromatic nitrogens is 2. The van der Waals surface area contributed by atoms with E-state index in [2.05, 4.69) is 14.9 Å². The van der Waals surface area contributed by atoms with E-state index >= 15 is 0 Å². The zero-order chi connectivity index (χ0) is 14.8. The van der Waals surface area contributed by atoms with Gasteiger partial charge in [0.05, 0.1) is 19.3 Å². The molecule has 0 unspecified atom stereocenters. The highest BCUT2D eigenvalue weighted by Crippen LogP contribution is 2.42. The van der Waals surface area contributed by atoms with Crippen molar-refractivity contribution in [2.75, 3.05) is 37.8 Å². The normalized spacial score (nSPS) is 27.5. The Morgan fingerprint density at radius 1 is 1.18 bits per heavy atom. The fraction of sp³-hybridized carbons (Fsp3) is 0.765. The van der Waals surface area contributed by atoms with Crippen molar-refractivity contribution in [3.8, 4) is 0 Å². The van der Waals surface area contributed by atoms with Crippen LogP contribution in [0.2, 0.25) is 0 Å². The van der Waals surface area contributed by atoms with Crippen molar-refractivity contribution in [3.63, 3.8) is 0 Å². The maximum Gasteiger partial charge on any atom is 0.225 e. The number of hydrogen-bond donors (Lipinski definition) is 0. The first-order valence-corrected chi connectivity index (χ1v) is 8.54. The van der Waals surface area contributed by atoms with Crippen molar-refractivity contribution in [1.82, 2.24) is 9.97 Å². The maximum absolute atomic E-state index is 6.01. The third-order valence-corrected chi connectivity index (χ3v) is 5.30. The summed E-state index contributed by atoms with van der Waals surface area (Å²) in [6, 6.07) is 1.87. The lowest BCUT2D eigenvalue weighted by atomic mass is 9.77. The standard InChI is InChI=1S/C17H25N3O2/c1-6-18-16(19-7-1)20-8-4-17(5-9-20)10-15(22-13-17)12-21-11-14-2-3-14/h1,6-7,14-15H,2-5,8-13H2/t15-/m0/s1. The van der Waals surface area contributed by atoms with Gasteiger partial charge in [-0.15, -0.1) is 0 Å². The molecule has 2 aliphatic heterocycles.